The highest BCUT2D eigenvalue weighted by Crippen LogP contribution is 2.38. The number of rotatable bonds is 7. The van der Waals surface area contributed by atoms with E-state index in [1.165, 1.54) is 7.11 Å². The monoisotopic (exact) mass is 481 g/mol. The highest BCUT2D eigenvalue weighted by molar-refractivity contribution is 14.1. The summed E-state index contributed by atoms with van der Waals surface area (Å²) >= 11 is 2.34. The normalized spacial score (nSPS) is 19.8. The van der Waals surface area contributed by atoms with E-state index in [4.69, 9.17) is 14.2 Å². The smallest absolute Gasteiger partial charge is 0.394 e. The van der Waals surface area contributed by atoms with E-state index in [9.17, 15) is 9.59 Å². The van der Waals surface area contributed by atoms with E-state index in [1.54, 1.807) is 13.8 Å². The van der Waals surface area contributed by atoms with Crippen LogP contribution >= 0.6 is 22.6 Å². The van der Waals surface area contributed by atoms with Gasteiger partial charge >= 0.3 is 17.8 Å². The molecule has 0 aromatic heterocycles. The van der Waals surface area contributed by atoms with Crippen LogP contribution < -0.4 is 0 Å². The van der Waals surface area contributed by atoms with Crippen molar-refractivity contribution in [2.24, 2.45) is 4.99 Å². The fourth-order valence-corrected chi connectivity index (χ4v) is 9.76. The second-order valence-corrected chi connectivity index (χ2v) is 13.6. The second-order valence-electron chi connectivity index (χ2n) is 6.31. The van der Waals surface area contributed by atoms with E-state index in [2.05, 4.69) is 48.4 Å². The van der Waals surface area contributed by atoms with Gasteiger partial charge in [-0.25, -0.2) is 14.6 Å². The zero-order valence-electron chi connectivity index (χ0n) is 15.8. The number of nitrogens with zero attached hydrogens (tertiary/aromatic N) is 1. The number of hydrogen-bond acceptors (Lipinski definition) is 6. The number of methoxy groups -OCH3 is 1. The molecule has 0 saturated carbocycles. The first-order chi connectivity index (χ1) is 11.7. The maximum Gasteiger partial charge on any atom is 0.394 e. The van der Waals surface area contributed by atoms with Crippen LogP contribution in [0.3, 0.4) is 0 Å². The van der Waals surface area contributed by atoms with Crippen molar-refractivity contribution in [3.63, 3.8) is 0 Å². The largest absolute Gasteiger partial charge is 0.467 e. The summed E-state index contributed by atoms with van der Waals surface area (Å²) in [6, 6.07) is 2.47. The second kappa shape index (κ2) is 9.70. The predicted octanol–water partition coefficient (Wildman–Crippen LogP) is 3.99. The average molecular weight is 481 g/mol. The van der Waals surface area contributed by atoms with Gasteiger partial charge in [0.15, 0.2) is 6.04 Å². The molecule has 0 aliphatic carbocycles. The summed E-state index contributed by atoms with van der Waals surface area (Å²) in [5, 5.41) is 0. The number of carbonyl (C=O) groups excluding carboxylic acids is 2. The minimum absolute atomic E-state index is 0.161. The molecule has 8 heteroatoms. The zero-order chi connectivity index (χ0) is 19.2. The Morgan fingerprint density at radius 1 is 1.28 bits per heavy atom. The lowest BCUT2D eigenvalue weighted by Crippen LogP contribution is -2.38. The van der Waals surface area contributed by atoms with Gasteiger partial charge in [-0.1, -0.05) is 61.5 Å². The SMILES string of the molecule is CC[Si](CC)(CC)/C(I)=C1/C[C@@H](C(=O)OC)N=C(C(=O)OC(C)C)O1. The number of esters is 2. The molecule has 0 unspecified atom stereocenters. The fraction of sp³-hybridized carbons (Fsp3) is 0.706. The van der Waals surface area contributed by atoms with Crippen molar-refractivity contribution in [2.75, 3.05) is 7.11 Å². The van der Waals surface area contributed by atoms with Gasteiger partial charge in [0.05, 0.1) is 21.3 Å². The van der Waals surface area contributed by atoms with Crippen molar-refractivity contribution in [3.8, 4) is 0 Å². The van der Waals surface area contributed by atoms with Crippen LogP contribution in [0.2, 0.25) is 18.1 Å². The fourth-order valence-electron chi connectivity index (χ4n) is 2.82. The van der Waals surface area contributed by atoms with Crippen LogP contribution in [-0.4, -0.2) is 45.2 Å². The summed E-state index contributed by atoms with van der Waals surface area (Å²) in [5.74, 6) is -0.622. The first-order valence-corrected chi connectivity index (χ1v) is 12.4. The molecule has 25 heavy (non-hydrogen) atoms. The average Bonchev–Trinajstić information content (AvgIpc) is 2.61. The van der Waals surface area contributed by atoms with Crippen LogP contribution in [-0.2, 0) is 23.8 Å². The Balaban J connectivity index is 3.31. The van der Waals surface area contributed by atoms with Gasteiger partial charge in [0.2, 0.25) is 0 Å². The quantitative estimate of drug-likeness (QED) is 0.312. The standard InChI is InChI=1S/C17H28INO5Si/c1-7-25(8-2,9-3)14(18)13-10-12(16(20)22-6)19-15(24-13)17(21)23-11(4)5/h11-12H,7-10H2,1-6H3/b14-13-/t12-/m0/s1. The number of ether oxygens (including phenoxy) is 3. The third-order valence-electron chi connectivity index (χ3n) is 4.60. The highest BCUT2D eigenvalue weighted by atomic mass is 127. The lowest BCUT2D eigenvalue weighted by molar-refractivity contribution is -0.142. The lowest BCUT2D eigenvalue weighted by Gasteiger charge is -2.31. The molecule has 1 atom stereocenters. The van der Waals surface area contributed by atoms with E-state index in [0.29, 0.717) is 12.2 Å². The van der Waals surface area contributed by atoms with Gasteiger partial charge in [-0.2, -0.15) is 0 Å². The van der Waals surface area contributed by atoms with Crippen molar-refractivity contribution in [1.29, 1.82) is 0 Å². The number of carbonyl (C=O) groups is 2. The molecule has 6 nitrogen and oxygen atoms in total. The summed E-state index contributed by atoms with van der Waals surface area (Å²) in [5.41, 5.74) is 0. The molecule has 0 spiro atoms. The Bertz CT molecular complexity index is 561. The Morgan fingerprint density at radius 2 is 1.84 bits per heavy atom. The molecule has 1 rings (SSSR count). The Morgan fingerprint density at radius 3 is 2.28 bits per heavy atom. The molecule has 0 saturated heterocycles. The summed E-state index contributed by atoms with van der Waals surface area (Å²) in [7, 11) is -0.381. The Kier molecular flexibility index (Phi) is 8.59. The van der Waals surface area contributed by atoms with Crippen LogP contribution in [0.4, 0.5) is 0 Å². The number of aliphatic imine (C=N–C) groups is 1. The van der Waals surface area contributed by atoms with Crippen molar-refractivity contribution >= 4 is 48.5 Å². The summed E-state index contributed by atoms with van der Waals surface area (Å²) in [6.45, 7) is 10.1. The first-order valence-electron chi connectivity index (χ1n) is 8.68. The van der Waals surface area contributed by atoms with Crippen molar-refractivity contribution in [1.82, 2.24) is 0 Å². The molecule has 1 aliphatic rings. The predicted molar refractivity (Wildman–Crippen MR) is 108 cm³/mol. The summed E-state index contributed by atoms with van der Waals surface area (Å²) in [6.07, 6.45) is 0.0252. The maximum absolute atomic E-state index is 12.2. The molecular weight excluding hydrogens is 453 g/mol. The molecule has 142 valence electrons. The van der Waals surface area contributed by atoms with Gasteiger partial charge in [-0.15, -0.1) is 0 Å². The first kappa shape index (κ1) is 22.1. The van der Waals surface area contributed by atoms with Gasteiger partial charge in [0, 0.05) is 9.62 Å². The van der Waals surface area contributed by atoms with Crippen LogP contribution in [0, 0.1) is 0 Å². The third-order valence-corrected chi connectivity index (χ3v) is 13.9. The maximum atomic E-state index is 12.2. The van der Waals surface area contributed by atoms with Gasteiger partial charge in [-0.05, 0) is 13.8 Å². The van der Waals surface area contributed by atoms with Crippen LogP contribution in [0.15, 0.2) is 14.0 Å². The molecule has 0 radical (unpaired) electrons. The zero-order valence-corrected chi connectivity index (χ0v) is 19.0. The van der Waals surface area contributed by atoms with Crippen molar-refractivity contribution < 1.29 is 23.8 Å². The van der Waals surface area contributed by atoms with Crippen molar-refractivity contribution in [3.05, 3.63) is 8.96 Å². The van der Waals surface area contributed by atoms with Gasteiger partial charge in [0.25, 0.3) is 0 Å². The van der Waals surface area contributed by atoms with E-state index >= 15 is 0 Å². The third kappa shape index (κ3) is 5.29. The van der Waals surface area contributed by atoms with Gasteiger partial charge < -0.3 is 14.2 Å². The van der Waals surface area contributed by atoms with Gasteiger partial charge in [-0.3, -0.25) is 0 Å². The lowest BCUT2D eigenvalue weighted by atomic mass is 10.2. The molecule has 0 aromatic carbocycles. The summed E-state index contributed by atoms with van der Waals surface area (Å²) in [4.78, 5) is 28.4. The van der Waals surface area contributed by atoms with Crippen LogP contribution in [0.25, 0.3) is 0 Å². The Labute approximate surface area is 164 Å². The molecule has 0 fully saturated rings. The van der Waals surface area contributed by atoms with E-state index < -0.39 is 26.1 Å². The molecular formula is C17H28INO5Si. The van der Waals surface area contributed by atoms with Crippen LogP contribution in [0.1, 0.15) is 41.0 Å². The van der Waals surface area contributed by atoms with E-state index in [0.717, 1.165) is 21.3 Å². The highest BCUT2D eigenvalue weighted by Gasteiger charge is 2.38. The molecule has 0 bridgehead atoms. The van der Waals surface area contributed by atoms with E-state index in [-0.39, 0.29) is 12.0 Å². The Hall–Kier alpha value is -0.903. The molecule has 0 N–H and O–H groups in total. The summed E-state index contributed by atoms with van der Waals surface area (Å²) < 4.78 is 17.0. The van der Waals surface area contributed by atoms with Crippen LogP contribution in [0.5, 0.6) is 0 Å². The molecule has 0 amide bonds. The van der Waals surface area contributed by atoms with Crippen molar-refractivity contribution in [2.45, 2.75) is 71.3 Å². The number of hydrogen-bond donors (Lipinski definition) is 0. The molecule has 1 heterocycles. The molecule has 1 aliphatic heterocycles. The minimum atomic E-state index is -1.70. The van der Waals surface area contributed by atoms with Gasteiger partial charge in [0.1, 0.15) is 5.76 Å². The van der Waals surface area contributed by atoms with E-state index in [1.807, 2.05) is 0 Å². The number of halogens is 1. The minimum Gasteiger partial charge on any atom is -0.467 e. The topological polar surface area (TPSA) is 74.2 Å². The molecule has 0 aromatic rings.